The maximum atomic E-state index is 11.7. The average Bonchev–Trinajstić information content (AvgIpc) is 2.59. The van der Waals surface area contributed by atoms with E-state index in [4.69, 9.17) is 17.0 Å². The number of amides is 1. The zero-order valence-corrected chi connectivity index (χ0v) is 13.7. The van der Waals surface area contributed by atoms with Gasteiger partial charge in [-0.2, -0.15) is 0 Å². The van der Waals surface area contributed by atoms with E-state index in [2.05, 4.69) is 28.3 Å². The van der Waals surface area contributed by atoms with Gasteiger partial charge < -0.3 is 10.1 Å². The summed E-state index contributed by atoms with van der Waals surface area (Å²) >= 11 is 4.87. The Bertz CT molecular complexity index is 662. The lowest BCUT2D eigenvalue weighted by molar-refractivity contribution is -0.123. The molecule has 1 amide bonds. The standard InChI is InChI=1S/C17H19N3O2S/c1-18-17(23)20-19-16(21)12-22-15-10-6-5-9-14(15)11-13-7-3-2-4-8-13/h2-10H,11-12H2,1H3,(H,19,21)(H2,18,20,23). The van der Waals surface area contributed by atoms with Crippen molar-refractivity contribution >= 4 is 23.2 Å². The number of ether oxygens (including phenoxy) is 1. The molecule has 6 heteroatoms. The first-order chi connectivity index (χ1) is 11.2. The van der Waals surface area contributed by atoms with E-state index in [1.54, 1.807) is 7.05 Å². The molecular weight excluding hydrogens is 310 g/mol. The van der Waals surface area contributed by atoms with Crippen molar-refractivity contribution in [1.29, 1.82) is 0 Å². The van der Waals surface area contributed by atoms with Crippen LogP contribution in [0.2, 0.25) is 0 Å². The molecule has 0 unspecified atom stereocenters. The van der Waals surface area contributed by atoms with E-state index in [1.807, 2.05) is 42.5 Å². The molecule has 0 atom stereocenters. The third-order valence-corrected chi connectivity index (χ3v) is 3.42. The van der Waals surface area contributed by atoms with Gasteiger partial charge in [-0.1, -0.05) is 48.5 Å². The van der Waals surface area contributed by atoms with Crippen molar-refractivity contribution in [2.45, 2.75) is 6.42 Å². The molecule has 0 aliphatic rings. The molecule has 0 radical (unpaired) electrons. The SMILES string of the molecule is CNC(=S)NNC(=O)COc1ccccc1Cc1ccccc1. The van der Waals surface area contributed by atoms with Gasteiger partial charge in [-0.3, -0.25) is 15.6 Å². The lowest BCUT2D eigenvalue weighted by Gasteiger charge is -2.12. The van der Waals surface area contributed by atoms with Crippen LogP contribution < -0.4 is 20.9 Å². The molecule has 0 heterocycles. The summed E-state index contributed by atoms with van der Waals surface area (Å²) in [6, 6.07) is 17.8. The number of thiocarbonyl (C=S) groups is 1. The molecule has 0 aromatic heterocycles. The van der Waals surface area contributed by atoms with Gasteiger partial charge >= 0.3 is 0 Å². The predicted octanol–water partition coefficient (Wildman–Crippen LogP) is 1.78. The predicted molar refractivity (Wildman–Crippen MR) is 94.1 cm³/mol. The minimum atomic E-state index is -0.308. The van der Waals surface area contributed by atoms with Gasteiger partial charge in [0.1, 0.15) is 5.75 Å². The van der Waals surface area contributed by atoms with Crippen LogP contribution in [0.5, 0.6) is 5.75 Å². The third kappa shape index (κ3) is 5.60. The van der Waals surface area contributed by atoms with Crippen molar-refractivity contribution < 1.29 is 9.53 Å². The highest BCUT2D eigenvalue weighted by atomic mass is 32.1. The molecule has 0 aliphatic heterocycles. The number of rotatable bonds is 5. The largest absolute Gasteiger partial charge is 0.483 e. The van der Waals surface area contributed by atoms with E-state index in [-0.39, 0.29) is 12.5 Å². The second kappa shape index (κ2) is 8.75. The second-order valence-corrected chi connectivity index (χ2v) is 5.22. The Morgan fingerprint density at radius 2 is 1.74 bits per heavy atom. The van der Waals surface area contributed by atoms with Crippen LogP contribution in [0.1, 0.15) is 11.1 Å². The molecule has 2 aromatic rings. The first-order valence-electron chi connectivity index (χ1n) is 7.20. The van der Waals surface area contributed by atoms with Gasteiger partial charge in [0.15, 0.2) is 11.7 Å². The Morgan fingerprint density at radius 1 is 1.04 bits per heavy atom. The lowest BCUT2D eigenvalue weighted by atomic mass is 10.0. The topological polar surface area (TPSA) is 62.4 Å². The molecular formula is C17H19N3O2S. The molecule has 0 saturated carbocycles. The summed E-state index contributed by atoms with van der Waals surface area (Å²) in [5.41, 5.74) is 7.24. The maximum Gasteiger partial charge on any atom is 0.276 e. The molecule has 0 spiro atoms. The summed E-state index contributed by atoms with van der Waals surface area (Å²) in [5.74, 6) is 0.389. The van der Waals surface area contributed by atoms with Crippen molar-refractivity contribution in [3.05, 3.63) is 65.7 Å². The van der Waals surface area contributed by atoms with Gasteiger partial charge in [-0.25, -0.2) is 0 Å². The number of hydrogen-bond donors (Lipinski definition) is 3. The van der Waals surface area contributed by atoms with E-state index < -0.39 is 0 Å². The highest BCUT2D eigenvalue weighted by Crippen LogP contribution is 2.21. The second-order valence-electron chi connectivity index (χ2n) is 4.81. The number of nitrogens with one attached hydrogen (secondary N) is 3. The smallest absolute Gasteiger partial charge is 0.276 e. The van der Waals surface area contributed by atoms with Crippen LogP contribution in [0.4, 0.5) is 0 Å². The lowest BCUT2D eigenvalue weighted by Crippen LogP contribution is -2.47. The van der Waals surface area contributed by atoms with Crippen molar-refractivity contribution in [3.63, 3.8) is 0 Å². The molecule has 3 N–H and O–H groups in total. The van der Waals surface area contributed by atoms with E-state index in [0.29, 0.717) is 10.9 Å². The number of benzene rings is 2. The van der Waals surface area contributed by atoms with Crippen LogP contribution >= 0.6 is 12.2 Å². The van der Waals surface area contributed by atoms with Gasteiger partial charge in [-0.05, 0) is 29.4 Å². The van der Waals surface area contributed by atoms with Gasteiger partial charge in [0.25, 0.3) is 5.91 Å². The Hall–Kier alpha value is -2.60. The Kier molecular flexibility index (Phi) is 6.38. The number of hydrogen-bond acceptors (Lipinski definition) is 3. The quantitative estimate of drug-likeness (QED) is 0.577. The minimum absolute atomic E-state index is 0.0921. The van der Waals surface area contributed by atoms with E-state index in [0.717, 1.165) is 12.0 Å². The highest BCUT2D eigenvalue weighted by molar-refractivity contribution is 7.80. The summed E-state index contributed by atoms with van der Waals surface area (Å²) in [6.45, 7) is -0.0921. The fraction of sp³-hybridized carbons (Fsp3) is 0.176. The molecule has 23 heavy (non-hydrogen) atoms. The summed E-state index contributed by atoms with van der Waals surface area (Å²) in [6.07, 6.45) is 0.751. The van der Waals surface area contributed by atoms with Crippen LogP contribution in [-0.4, -0.2) is 24.7 Å². The Balaban J connectivity index is 1.93. The van der Waals surface area contributed by atoms with E-state index >= 15 is 0 Å². The van der Waals surface area contributed by atoms with Crippen molar-refractivity contribution in [2.75, 3.05) is 13.7 Å². The summed E-state index contributed by atoms with van der Waals surface area (Å²) in [4.78, 5) is 11.7. The summed E-state index contributed by atoms with van der Waals surface area (Å²) < 4.78 is 5.62. The van der Waals surface area contributed by atoms with Gasteiger partial charge in [0.05, 0.1) is 0 Å². The van der Waals surface area contributed by atoms with Crippen LogP contribution in [0.15, 0.2) is 54.6 Å². The minimum Gasteiger partial charge on any atom is -0.483 e. The first kappa shape index (κ1) is 16.8. The zero-order valence-electron chi connectivity index (χ0n) is 12.8. The van der Waals surface area contributed by atoms with Gasteiger partial charge in [0, 0.05) is 13.5 Å². The van der Waals surface area contributed by atoms with Crippen molar-refractivity contribution in [3.8, 4) is 5.75 Å². The van der Waals surface area contributed by atoms with E-state index in [9.17, 15) is 4.79 Å². The molecule has 2 aromatic carbocycles. The van der Waals surface area contributed by atoms with Crippen LogP contribution in [-0.2, 0) is 11.2 Å². The molecule has 0 aliphatic carbocycles. The van der Waals surface area contributed by atoms with Crippen molar-refractivity contribution in [1.82, 2.24) is 16.2 Å². The molecule has 120 valence electrons. The Labute approximate surface area is 141 Å². The third-order valence-electron chi connectivity index (χ3n) is 3.11. The average molecular weight is 329 g/mol. The monoisotopic (exact) mass is 329 g/mol. The zero-order chi connectivity index (χ0) is 16.5. The number of hydrazine groups is 1. The molecule has 0 bridgehead atoms. The Morgan fingerprint density at radius 3 is 2.48 bits per heavy atom. The molecule has 5 nitrogen and oxygen atoms in total. The molecule has 0 fully saturated rings. The van der Waals surface area contributed by atoms with Gasteiger partial charge in [-0.15, -0.1) is 0 Å². The van der Waals surface area contributed by atoms with Crippen LogP contribution in [0.3, 0.4) is 0 Å². The van der Waals surface area contributed by atoms with Crippen molar-refractivity contribution in [2.24, 2.45) is 0 Å². The fourth-order valence-corrected chi connectivity index (χ4v) is 2.03. The summed E-state index contributed by atoms with van der Waals surface area (Å²) in [5, 5.41) is 3.03. The fourth-order valence-electron chi connectivity index (χ4n) is 1.97. The van der Waals surface area contributed by atoms with Crippen LogP contribution in [0.25, 0.3) is 0 Å². The normalized spacial score (nSPS) is 9.78. The molecule has 0 saturated heterocycles. The number of para-hydroxylation sites is 1. The molecule has 2 rings (SSSR count). The maximum absolute atomic E-state index is 11.7. The number of carbonyl (C=O) groups is 1. The first-order valence-corrected chi connectivity index (χ1v) is 7.61. The van der Waals surface area contributed by atoms with Crippen LogP contribution in [0, 0.1) is 0 Å². The highest BCUT2D eigenvalue weighted by Gasteiger charge is 2.07. The van der Waals surface area contributed by atoms with E-state index in [1.165, 1.54) is 5.56 Å². The van der Waals surface area contributed by atoms with Gasteiger partial charge in [0.2, 0.25) is 0 Å². The summed E-state index contributed by atoms with van der Waals surface area (Å²) in [7, 11) is 1.66. The number of carbonyl (C=O) groups excluding carboxylic acids is 1.